The predicted molar refractivity (Wildman–Crippen MR) is 133 cm³/mol. The van der Waals surface area contributed by atoms with Gasteiger partial charge in [0.05, 0.1) is 11.4 Å². The van der Waals surface area contributed by atoms with Crippen LogP contribution in [0.3, 0.4) is 0 Å². The smallest absolute Gasteiger partial charge is 0.296 e. The molecular formula is C24H28N2O6S2. The Labute approximate surface area is 200 Å². The second-order valence-corrected chi connectivity index (χ2v) is 10.6. The molecule has 0 saturated heterocycles. The van der Waals surface area contributed by atoms with Crippen LogP contribution in [0.25, 0.3) is 0 Å². The maximum Gasteiger partial charge on any atom is 0.296 e. The second kappa shape index (κ2) is 11.5. The number of benzene rings is 3. The van der Waals surface area contributed by atoms with Crippen LogP contribution in [-0.2, 0) is 33.1 Å². The zero-order chi connectivity index (χ0) is 24.6. The Balaban J connectivity index is 1.42. The second-order valence-electron chi connectivity index (χ2n) is 7.82. The Morgan fingerprint density at radius 1 is 0.559 bits per heavy atom. The van der Waals surface area contributed by atoms with E-state index in [4.69, 9.17) is 0 Å². The third-order valence-electron chi connectivity index (χ3n) is 5.27. The van der Waals surface area contributed by atoms with E-state index in [9.17, 15) is 25.9 Å². The van der Waals surface area contributed by atoms with E-state index in [1.165, 1.54) is 12.1 Å². The van der Waals surface area contributed by atoms with Gasteiger partial charge in [0.2, 0.25) is 0 Å². The molecule has 0 aliphatic carbocycles. The van der Waals surface area contributed by atoms with Gasteiger partial charge in [-0.05, 0) is 61.1 Å². The van der Waals surface area contributed by atoms with Crippen molar-refractivity contribution in [3.63, 3.8) is 0 Å². The molecule has 0 aromatic heterocycles. The summed E-state index contributed by atoms with van der Waals surface area (Å²) in [4.78, 5) is -0.259. The minimum atomic E-state index is -4.27. The molecule has 10 heteroatoms. The van der Waals surface area contributed by atoms with Crippen molar-refractivity contribution in [3.8, 4) is 0 Å². The summed E-state index contributed by atoms with van der Waals surface area (Å²) in [6.45, 7) is 1.12. The molecule has 0 heterocycles. The van der Waals surface area contributed by atoms with Crippen LogP contribution in [0.4, 0.5) is 11.4 Å². The number of nitrogens with one attached hydrogen (secondary N) is 2. The Bertz CT molecular complexity index is 1200. The van der Waals surface area contributed by atoms with Gasteiger partial charge in [0, 0.05) is 13.1 Å². The highest BCUT2D eigenvalue weighted by molar-refractivity contribution is 7.86. The number of anilines is 2. The Kier molecular flexibility index (Phi) is 8.67. The van der Waals surface area contributed by atoms with Crippen LogP contribution in [0, 0.1) is 0 Å². The molecule has 0 atom stereocenters. The molecule has 34 heavy (non-hydrogen) atoms. The van der Waals surface area contributed by atoms with E-state index in [0.717, 1.165) is 36.8 Å². The molecule has 0 spiro atoms. The van der Waals surface area contributed by atoms with Crippen molar-refractivity contribution in [1.82, 2.24) is 0 Å². The van der Waals surface area contributed by atoms with E-state index >= 15 is 0 Å². The topological polar surface area (TPSA) is 133 Å². The van der Waals surface area contributed by atoms with Crippen molar-refractivity contribution in [2.24, 2.45) is 0 Å². The average molecular weight is 505 g/mol. The van der Waals surface area contributed by atoms with E-state index in [1.807, 2.05) is 0 Å². The third kappa shape index (κ3) is 7.56. The quantitative estimate of drug-likeness (QED) is 0.212. The minimum Gasteiger partial charge on any atom is -0.384 e. The summed E-state index contributed by atoms with van der Waals surface area (Å²) >= 11 is 0. The van der Waals surface area contributed by atoms with Crippen molar-refractivity contribution < 1.29 is 25.9 Å². The molecule has 3 aromatic carbocycles. The monoisotopic (exact) mass is 504 g/mol. The summed E-state index contributed by atoms with van der Waals surface area (Å²) in [5, 5.41) is 6.13. The maximum atomic E-state index is 11.4. The molecular weight excluding hydrogens is 476 g/mol. The number of para-hydroxylation sites is 2. The molecule has 0 unspecified atom stereocenters. The first-order chi connectivity index (χ1) is 16.1. The highest BCUT2D eigenvalue weighted by Crippen LogP contribution is 2.21. The molecule has 0 aliphatic rings. The Morgan fingerprint density at radius 3 is 1.26 bits per heavy atom. The summed E-state index contributed by atoms with van der Waals surface area (Å²) in [6.07, 6.45) is 3.21. The molecule has 0 fully saturated rings. The fraction of sp³-hybridized carbons (Fsp3) is 0.250. The third-order valence-corrected chi connectivity index (χ3v) is 7.09. The molecule has 0 aliphatic heterocycles. The van der Waals surface area contributed by atoms with Crippen molar-refractivity contribution in [2.75, 3.05) is 23.7 Å². The van der Waals surface area contributed by atoms with Gasteiger partial charge in [-0.15, -0.1) is 0 Å². The van der Waals surface area contributed by atoms with Crippen LogP contribution in [0.1, 0.15) is 24.0 Å². The van der Waals surface area contributed by atoms with Gasteiger partial charge in [-0.3, -0.25) is 9.11 Å². The first-order valence-electron chi connectivity index (χ1n) is 10.8. The summed E-state index contributed by atoms with van der Waals surface area (Å²) in [5.41, 5.74) is 3.09. The molecule has 4 N–H and O–H groups in total. The number of aryl methyl sites for hydroxylation is 2. The summed E-state index contributed by atoms with van der Waals surface area (Å²) in [6, 6.07) is 20.7. The van der Waals surface area contributed by atoms with Gasteiger partial charge in [0.15, 0.2) is 0 Å². The van der Waals surface area contributed by atoms with E-state index in [-0.39, 0.29) is 9.79 Å². The predicted octanol–water partition coefficient (Wildman–Crippen LogP) is 4.27. The SMILES string of the molecule is O=S(=O)(O)c1ccccc1NCCCc1ccc(CCCNc2ccccc2S(=O)(=O)O)cc1. The van der Waals surface area contributed by atoms with Gasteiger partial charge in [0.25, 0.3) is 20.2 Å². The summed E-state index contributed by atoms with van der Waals surface area (Å²) in [7, 11) is -8.53. The van der Waals surface area contributed by atoms with E-state index in [2.05, 4.69) is 34.9 Å². The minimum absolute atomic E-state index is 0.129. The Morgan fingerprint density at radius 2 is 0.912 bits per heavy atom. The average Bonchev–Trinajstić information content (AvgIpc) is 2.80. The lowest BCUT2D eigenvalue weighted by molar-refractivity contribution is 0.481. The lowest BCUT2D eigenvalue weighted by Gasteiger charge is -2.11. The van der Waals surface area contributed by atoms with Crippen molar-refractivity contribution in [1.29, 1.82) is 0 Å². The van der Waals surface area contributed by atoms with Crippen LogP contribution in [0.2, 0.25) is 0 Å². The molecule has 0 bridgehead atoms. The molecule has 0 amide bonds. The van der Waals surface area contributed by atoms with Gasteiger partial charge in [-0.25, -0.2) is 0 Å². The maximum absolute atomic E-state index is 11.4. The van der Waals surface area contributed by atoms with Crippen LogP contribution < -0.4 is 10.6 Å². The van der Waals surface area contributed by atoms with Crippen molar-refractivity contribution >= 4 is 31.6 Å². The van der Waals surface area contributed by atoms with E-state index < -0.39 is 20.2 Å². The first kappa shape index (κ1) is 25.7. The number of hydrogen-bond donors (Lipinski definition) is 4. The van der Waals surface area contributed by atoms with Crippen LogP contribution in [0.15, 0.2) is 82.6 Å². The highest BCUT2D eigenvalue weighted by Gasteiger charge is 2.15. The van der Waals surface area contributed by atoms with Gasteiger partial charge in [-0.1, -0.05) is 48.5 Å². The highest BCUT2D eigenvalue weighted by atomic mass is 32.2. The standard InChI is InChI=1S/C24H28N2O6S2/c27-33(28,29)23-11-3-1-9-21(23)25-17-5-7-19-13-15-20(16-14-19)8-6-18-26-22-10-2-4-12-24(22)34(30,31)32/h1-4,9-16,25-26H,5-8,17-18H2,(H,27,28,29)(H,30,31,32). The number of rotatable bonds is 12. The number of hydrogen-bond acceptors (Lipinski definition) is 6. The fourth-order valence-electron chi connectivity index (χ4n) is 3.58. The van der Waals surface area contributed by atoms with Gasteiger partial charge >= 0.3 is 0 Å². The molecule has 3 rings (SSSR count). The van der Waals surface area contributed by atoms with Crippen LogP contribution in [-0.4, -0.2) is 39.0 Å². The summed E-state index contributed by atoms with van der Waals surface area (Å²) in [5.74, 6) is 0. The van der Waals surface area contributed by atoms with Gasteiger partial charge in [-0.2, -0.15) is 16.8 Å². The van der Waals surface area contributed by atoms with Crippen LogP contribution >= 0.6 is 0 Å². The Hall–Kier alpha value is -2.92. The first-order valence-corrected chi connectivity index (χ1v) is 13.7. The van der Waals surface area contributed by atoms with E-state index in [1.54, 1.807) is 36.4 Å². The zero-order valence-corrected chi connectivity index (χ0v) is 20.1. The molecule has 0 radical (unpaired) electrons. The van der Waals surface area contributed by atoms with Crippen LogP contribution in [0.5, 0.6) is 0 Å². The van der Waals surface area contributed by atoms with Gasteiger partial charge in [0.1, 0.15) is 9.79 Å². The van der Waals surface area contributed by atoms with Gasteiger partial charge < -0.3 is 10.6 Å². The molecule has 8 nitrogen and oxygen atoms in total. The fourth-order valence-corrected chi connectivity index (χ4v) is 4.92. The lowest BCUT2D eigenvalue weighted by atomic mass is 10.0. The van der Waals surface area contributed by atoms with E-state index in [0.29, 0.717) is 24.5 Å². The largest absolute Gasteiger partial charge is 0.384 e. The molecule has 3 aromatic rings. The summed E-state index contributed by atoms with van der Waals surface area (Å²) < 4.78 is 64.4. The van der Waals surface area contributed by atoms with Crippen molar-refractivity contribution in [2.45, 2.75) is 35.5 Å². The molecule has 0 saturated carbocycles. The molecule has 182 valence electrons. The van der Waals surface area contributed by atoms with Crippen molar-refractivity contribution in [3.05, 3.63) is 83.9 Å². The zero-order valence-electron chi connectivity index (χ0n) is 18.5. The lowest BCUT2D eigenvalue weighted by Crippen LogP contribution is -2.08. The normalized spacial score (nSPS) is 11.8.